The zero-order chi connectivity index (χ0) is 14.9. The van der Waals surface area contributed by atoms with E-state index in [1.54, 1.807) is 17.8 Å². The van der Waals surface area contributed by atoms with Gasteiger partial charge in [-0.3, -0.25) is 9.48 Å². The van der Waals surface area contributed by atoms with Crippen LogP contribution < -0.4 is 5.73 Å². The second-order valence-electron chi connectivity index (χ2n) is 5.28. The topological polar surface area (TPSA) is 60.9 Å². The van der Waals surface area contributed by atoms with Gasteiger partial charge < -0.3 is 5.73 Å². The fourth-order valence-electron chi connectivity index (χ4n) is 2.11. The van der Waals surface area contributed by atoms with Gasteiger partial charge in [-0.1, -0.05) is 30.3 Å². The van der Waals surface area contributed by atoms with Crippen molar-refractivity contribution in [3.05, 3.63) is 52.3 Å². The van der Waals surface area contributed by atoms with Gasteiger partial charge in [0.15, 0.2) is 0 Å². The van der Waals surface area contributed by atoms with Crippen LogP contribution >= 0.6 is 15.9 Å². The van der Waals surface area contributed by atoms with Crippen LogP contribution in [0.1, 0.15) is 42.9 Å². The molecule has 2 N–H and O–H groups in total. The van der Waals surface area contributed by atoms with Crippen molar-refractivity contribution in [1.29, 1.82) is 0 Å². The van der Waals surface area contributed by atoms with Crippen LogP contribution in [0, 0.1) is 0 Å². The lowest BCUT2D eigenvalue weighted by Gasteiger charge is -2.25. The summed E-state index contributed by atoms with van der Waals surface area (Å²) in [7, 11) is 0. The largest absolute Gasteiger partial charge is 0.315 e. The van der Waals surface area contributed by atoms with Crippen LogP contribution in [0.4, 0.5) is 0 Å². The van der Waals surface area contributed by atoms with Gasteiger partial charge in [0.25, 0.3) is 0 Å². The summed E-state index contributed by atoms with van der Waals surface area (Å²) in [4.78, 5) is 12.9. The van der Waals surface area contributed by atoms with E-state index in [0.29, 0.717) is 10.2 Å². The molecule has 1 aromatic heterocycles. The Morgan fingerprint density at radius 2 is 1.95 bits per heavy atom. The van der Waals surface area contributed by atoms with Gasteiger partial charge in [-0.25, -0.2) is 0 Å². The molecule has 1 aromatic carbocycles. The van der Waals surface area contributed by atoms with Crippen LogP contribution in [0.5, 0.6) is 0 Å². The molecule has 0 saturated heterocycles. The number of nitrogens with zero attached hydrogens (tertiary/aromatic N) is 2. The molecule has 0 aliphatic heterocycles. The number of aromatic nitrogens is 2. The van der Waals surface area contributed by atoms with Crippen LogP contribution in [0.3, 0.4) is 0 Å². The van der Waals surface area contributed by atoms with Crippen LogP contribution in [0.15, 0.2) is 41.0 Å². The molecule has 2 aromatic rings. The number of Topliss-reactive ketones (excluding diaryl/α,β-unsaturated/α-hetero) is 1. The summed E-state index contributed by atoms with van der Waals surface area (Å²) in [6.45, 7) is 5.69. The zero-order valence-corrected chi connectivity index (χ0v) is 13.4. The van der Waals surface area contributed by atoms with E-state index in [1.807, 2.05) is 44.2 Å². The Labute approximate surface area is 127 Å². The standard InChI is InChI=1S/C15H18BrN3O/c1-10(2)19-13(12(16)9-18-19)14(20)15(3,17)11-7-5-4-6-8-11/h4-10H,17H2,1-3H3. The average Bonchev–Trinajstić information content (AvgIpc) is 2.80. The quantitative estimate of drug-likeness (QED) is 0.872. The van der Waals surface area contributed by atoms with Gasteiger partial charge in [-0.15, -0.1) is 0 Å². The first-order valence-corrected chi connectivity index (χ1v) is 7.27. The van der Waals surface area contributed by atoms with Crippen molar-refractivity contribution in [2.24, 2.45) is 5.73 Å². The first-order valence-electron chi connectivity index (χ1n) is 6.48. The molecular formula is C15H18BrN3O. The van der Waals surface area contributed by atoms with Gasteiger partial charge in [0.2, 0.25) is 5.78 Å². The second kappa shape index (κ2) is 5.50. The summed E-state index contributed by atoms with van der Waals surface area (Å²) in [6.07, 6.45) is 1.63. The molecule has 0 saturated carbocycles. The predicted octanol–water partition coefficient (Wildman–Crippen LogP) is 3.28. The number of ketones is 1. The van der Waals surface area contributed by atoms with E-state index in [9.17, 15) is 4.79 Å². The van der Waals surface area contributed by atoms with E-state index in [1.165, 1.54) is 0 Å². The minimum Gasteiger partial charge on any atom is -0.315 e. The smallest absolute Gasteiger partial charge is 0.206 e. The molecule has 4 nitrogen and oxygen atoms in total. The van der Waals surface area contributed by atoms with Gasteiger partial charge >= 0.3 is 0 Å². The number of carbonyl (C=O) groups excluding carboxylic acids is 1. The van der Waals surface area contributed by atoms with E-state index in [4.69, 9.17) is 5.73 Å². The third-order valence-corrected chi connectivity index (χ3v) is 3.88. The highest BCUT2D eigenvalue weighted by Crippen LogP contribution is 2.28. The molecule has 0 radical (unpaired) electrons. The number of halogens is 1. The number of benzene rings is 1. The Balaban J connectivity index is 2.49. The van der Waals surface area contributed by atoms with Crippen molar-refractivity contribution in [2.45, 2.75) is 32.4 Å². The highest BCUT2D eigenvalue weighted by molar-refractivity contribution is 9.10. The highest BCUT2D eigenvalue weighted by atomic mass is 79.9. The first kappa shape index (κ1) is 14.9. The number of hydrogen-bond donors (Lipinski definition) is 1. The monoisotopic (exact) mass is 335 g/mol. The van der Waals surface area contributed by atoms with Crippen molar-refractivity contribution in [1.82, 2.24) is 9.78 Å². The molecule has 0 aliphatic carbocycles. The molecule has 1 unspecified atom stereocenters. The molecule has 106 valence electrons. The lowest BCUT2D eigenvalue weighted by Crippen LogP contribution is -2.43. The van der Waals surface area contributed by atoms with Crippen LogP contribution in [0.25, 0.3) is 0 Å². The van der Waals surface area contributed by atoms with Crippen molar-refractivity contribution in [3.8, 4) is 0 Å². The van der Waals surface area contributed by atoms with Crippen molar-refractivity contribution < 1.29 is 4.79 Å². The molecule has 20 heavy (non-hydrogen) atoms. The molecule has 2 rings (SSSR count). The molecule has 1 heterocycles. The van der Waals surface area contributed by atoms with Gasteiger partial charge in [0.1, 0.15) is 11.2 Å². The number of carbonyl (C=O) groups is 1. The Morgan fingerprint density at radius 1 is 1.35 bits per heavy atom. The van der Waals surface area contributed by atoms with E-state index in [0.717, 1.165) is 5.56 Å². The molecule has 0 fully saturated rings. The summed E-state index contributed by atoms with van der Waals surface area (Å²) in [5, 5.41) is 4.24. The number of hydrogen-bond acceptors (Lipinski definition) is 3. The third-order valence-electron chi connectivity index (χ3n) is 3.30. The maximum Gasteiger partial charge on any atom is 0.206 e. The lowest BCUT2D eigenvalue weighted by molar-refractivity contribution is 0.0886. The van der Waals surface area contributed by atoms with Crippen LogP contribution in [-0.4, -0.2) is 15.6 Å². The molecule has 0 amide bonds. The second-order valence-corrected chi connectivity index (χ2v) is 6.13. The fourth-order valence-corrected chi connectivity index (χ4v) is 2.56. The van der Waals surface area contributed by atoms with Gasteiger partial charge in [-0.2, -0.15) is 5.10 Å². The van der Waals surface area contributed by atoms with Crippen LogP contribution in [0.2, 0.25) is 0 Å². The zero-order valence-electron chi connectivity index (χ0n) is 11.8. The molecule has 0 bridgehead atoms. The Morgan fingerprint density at radius 3 is 2.50 bits per heavy atom. The maximum atomic E-state index is 12.9. The molecular weight excluding hydrogens is 318 g/mol. The third kappa shape index (κ3) is 2.55. The van der Waals surface area contributed by atoms with E-state index in [-0.39, 0.29) is 11.8 Å². The number of rotatable bonds is 4. The van der Waals surface area contributed by atoms with E-state index >= 15 is 0 Å². The van der Waals surface area contributed by atoms with E-state index < -0.39 is 5.54 Å². The summed E-state index contributed by atoms with van der Waals surface area (Å²) in [5.74, 6) is -0.151. The fraction of sp³-hybridized carbons (Fsp3) is 0.333. The molecule has 0 aliphatic rings. The maximum absolute atomic E-state index is 12.9. The SMILES string of the molecule is CC(C)n1ncc(Br)c1C(=O)C(C)(N)c1ccccc1. The Kier molecular flexibility index (Phi) is 4.11. The van der Waals surface area contributed by atoms with Crippen molar-refractivity contribution in [2.75, 3.05) is 0 Å². The molecule has 1 atom stereocenters. The minimum atomic E-state index is -1.09. The Bertz CT molecular complexity index is 617. The van der Waals surface area contributed by atoms with Crippen molar-refractivity contribution >= 4 is 21.7 Å². The highest BCUT2D eigenvalue weighted by Gasteiger charge is 2.35. The average molecular weight is 336 g/mol. The van der Waals surface area contributed by atoms with Gasteiger partial charge in [-0.05, 0) is 42.3 Å². The first-order chi connectivity index (χ1) is 9.35. The van der Waals surface area contributed by atoms with Gasteiger partial charge in [0, 0.05) is 6.04 Å². The minimum absolute atomic E-state index is 0.0897. The molecule has 5 heteroatoms. The summed E-state index contributed by atoms with van der Waals surface area (Å²) < 4.78 is 2.37. The summed E-state index contributed by atoms with van der Waals surface area (Å²) in [6, 6.07) is 9.47. The molecule has 0 spiro atoms. The predicted molar refractivity (Wildman–Crippen MR) is 82.6 cm³/mol. The lowest BCUT2D eigenvalue weighted by atomic mass is 9.87. The Hall–Kier alpha value is -1.46. The van der Waals surface area contributed by atoms with E-state index in [2.05, 4.69) is 21.0 Å². The normalized spacial score (nSPS) is 14.3. The summed E-state index contributed by atoms with van der Waals surface area (Å²) in [5.41, 5.74) is 6.51. The number of nitrogens with two attached hydrogens (primary N) is 1. The summed E-state index contributed by atoms with van der Waals surface area (Å²) >= 11 is 3.39. The van der Waals surface area contributed by atoms with Gasteiger partial charge in [0.05, 0.1) is 10.7 Å². The van der Waals surface area contributed by atoms with Crippen LogP contribution in [-0.2, 0) is 5.54 Å². The van der Waals surface area contributed by atoms with Crippen molar-refractivity contribution in [3.63, 3.8) is 0 Å².